The first kappa shape index (κ1) is 15.6. The molecule has 5 heteroatoms. The summed E-state index contributed by atoms with van der Waals surface area (Å²) in [6, 6.07) is 5.68. The van der Waals surface area contributed by atoms with E-state index in [1.165, 1.54) is 11.3 Å². The van der Waals surface area contributed by atoms with Gasteiger partial charge < -0.3 is 14.2 Å². The SMILES string of the molecule is COc1ccc2sc(C(=O)OC(C)C)c(OC(C)C)c2c1. The van der Waals surface area contributed by atoms with Gasteiger partial charge in [0.15, 0.2) is 10.6 Å². The molecule has 2 rings (SSSR count). The molecule has 2 aromatic rings. The number of ether oxygens (including phenoxy) is 3. The highest BCUT2D eigenvalue weighted by molar-refractivity contribution is 7.21. The molecule has 0 spiro atoms. The fraction of sp³-hybridized carbons (Fsp3) is 0.438. The second kappa shape index (κ2) is 6.35. The molecule has 4 nitrogen and oxygen atoms in total. The van der Waals surface area contributed by atoms with Crippen LogP contribution in [0.4, 0.5) is 0 Å². The van der Waals surface area contributed by atoms with E-state index in [1.807, 2.05) is 45.9 Å². The van der Waals surface area contributed by atoms with Gasteiger partial charge in [-0.15, -0.1) is 11.3 Å². The van der Waals surface area contributed by atoms with Crippen LogP contribution in [-0.2, 0) is 4.74 Å². The fourth-order valence-electron chi connectivity index (χ4n) is 1.94. The number of hydrogen-bond acceptors (Lipinski definition) is 5. The standard InChI is InChI=1S/C16H20O4S/c1-9(2)19-14-12-8-11(18-5)6-7-13(12)21-15(14)16(17)20-10(3)4/h6-10H,1-5H3. The maximum absolute atomic E-state index is 12.3. The first-order valence-electron chi connectivity index (χ1n) is 6.90. The fourth-order valence-corrected chi connectivity index (χ4v) is 2.94. The van der Waals surface area contributed by atoms with E-state index in [2.05, 4.69) is 0 Å². The van der Waals surface area contributed by atoms with Crippen LogP contribution in [0.5, 0.6) is 11.5 Å². The summed E-state index contributed by atoms with van der Waals surface area (Å²) in [5.41, 5.74) is 0. The highest BCUT2D eigenvalue weighted by atomic mass is 32.1. The van der Waals surface area contributed by atoms with Crippen molar-refractivity contribution in [2.24, 2.45) is 0 Å². The van der Waals surface area contributed by atoms with Crippen molar-refractivity contribution < 1.29 is 19.0 Å². The Kier molecular flexibility index (Phi) is 4.73. The molecule has 1 heterocycles. The molecule has 0 bridgehead atoms. The van der Waals surface area contributed by atoms with Crippen molar-refractivity contribution in [2.75, 3.05) is 7.11 Å². The third-order valence-corrected chi connectivity index (χ3v) is 3.86. The molecule has 1 aromatic carbocycles. The van der Waals surface area contributed by atoms with Crippen LogP contribution in [0.25, 0.3) is 10.1 Å². The summed E-state index contributed by atoms with van der Waals surface area (Å²) >= 11 is 1.38. The number of esters is 1. The molecular formula is C16H20O4S. The molecule has 0 N–H and O–H groups in total. The lowest BCUT2D eigenvalue weighted by Gasteiger charge is -2.12. The largest absolute Gasteiger partial charge is 0.497 e. The van der Waals surface area contributed by atoms with Crippen molar-refractivity contribution in [2.45, 2.75) is 39.9 Å². The maximum atomic E-state index is 12.3. The van der Waals surface area contributed by atoms with Gasteiger partial charge in [0.2, 0.25) is 0 Å². The third kappa shape index (κ3) is 3.47. The molecule has 0 saturated heterocycles. The lowest BCUT2D eigenvalue weighted by Crippen LogP contribution is -2.13. The van der Waals surface area contributed by atoms with Gasteiger partial charge in [-0.05, 0) is 45.9 Å². The van der Waals surface area contributed by atoms with Crippen molar-refractivity contribution in [1.29, 1.82) is 0 Å². The van der Waals surface area contributed by atoms with E-state index in [4.69, 9.17) is 14.2 Å². The van der Waals surface area contributed by atoms with Crippen LogP contribution in [0.3, 0.4) is 0 Å². The first-order valence-corrected chi connectivity index (χ1v) is 7.72. The molecule has 1 aromatic heterocycles. The zero-order chi connectivity index (χ0) is 15.6. The minimum Gasteiger partial charge on any atom is -0.497 e. The van der Waals surface area contributed by atoms with Gasteiger partial charge in [-0.1, -0.05) is 0 Å². The Hall–Kier alpha value is -1.75. The van der Waals surface area contributed by atoms with E-state index >= 15 is 0 Å². The van der Waals surface area contributed by atoms with E-state index in [1.54, 1.807) is 7.11 Å². The predicted molar refractivity (Wildman–Crippen MR) is 84.7 cm³/mol. The molecule has 0 atom stereocenters. The molecule has 0 aliphatic carbocycles. The summed E-state index contributed by atoms with van der Waals surface area (Å²) in [5, 5.41) is 0.878. The Morgan fingerprint density at radius 1 is 1.14 bits per heavy atom. The average Bonchev–Trinajstić information content (AvgIpc) is 2.75. The zero-order valence-electron chi connectivity index (χ0n) is 12.9. The first-order chi connectivity index (χ1) is 9.92. The second-order valence-electron chi connectivity index (χ2n) is 5.24. The summed E-state index contributed by atoms with van der Waals surface area (Å²) in [4.78, 5) is 12.8. The van der Waals surface area contributed by atoms with Gasteiger partial charge in [-0.3, -0.25) is 0 Å². The van der Waals surface area contributed by atoms with Crippen LogP contribution in [0.2, 0.25) is 0 Å². The molecule has 0 fully saturated rings. The Balaban J connectivity index is 2.55. The summed E-state index contributed by atoms with van der Waals surface area (Å²) in [7, 11) is 1.62. The van der Waals surface area contributed by atoms with Crippen molar-refractivity contribution in [1.82, 2.24) is 0 Å². The minimum atomic E-state index is -0.346. The van der Waals surface area contributed by atoms with Gasteiger partial charge in [0, 0.05) is 10.1 Å². The molecule has 0 radical (unpaired) electrons. The van der Waals surface area contributed by atoms with Gasteiger partial charge in [-0.25, -0.2) is 4.79 Å². The van der Waals surface area contributed by atoms with E-state index in [9.17, 15) is 4.79 Å². The van der Waals surface area contributed by atoms with Crippen LogP contribution >= 0.6 is 11.3 Å². The molecule has 0 unspecified atom stereocenters. The Morgan fingerprint density at radius 2 is 1.86 bits per heavy atom. The van der Waals surface area contributed by atoms with Crippen molar-refractivity contribution in [3.05, 3.63) is 23.1 Å². The van der Waals surface area contributed by atoms with Crippen LogP contribution in [0, 0.1) is 0 Å². The predicted octanol–water partition coefficient (Wildman–Crippen LogP) is 4.26. The topological polar surface area (TPSA) is 44.8 Å². The molecule has 114 valence electrons. The Morgan fingerprint density at radius 3 is 2.43 bits per heavy atom. The summed E-state index contributed by atoms with van der Waals surface area (Å²) in [6.45, 7) is 7.52. The normalized spacial score (nSPS) is 11.2. The summed E-state index contributed by atoms with van der Waals surface area (Å²) < 4.78 is 17.4. The summed E-state index contributed by atoms with van der Waals surface area (Å²) in [6.07, 6.45) is -0.191. The molecule has 0 aliphatic rings. The van der Waals surface area contributed by atoms with E-state index in [0.29, 0.717) is 10.6 Å². The van der Waals surface area contributed by atoms with Gasteiger partial charge in [0.1, 0.15) is 5.75 Å². The molecule has 0 amide bonds. The quantitative estimate of drug-likeness (QED) is 0.774. The lowest BCUT2D eigenvalue weighted by atomic mass is 10.2. The minimum absolute atomic E-state index is 0.0281. The van der Waals surface area contributed by atoms with E-state index in [-0.39, 0.29) is 18.2 Å². The summed E-state index contributed by atoms with van der Waals surface area (Å²) in [5.74, 6) is 0.966. The highest BCUT2D eigenvalue weighted by Gasteiger charge is 2.23. The number of methoxy groups -OCH3 is 1. The van der Waals surface area contributed by atoms with E-state index < -0.39 is 0 Å². The Labute approximate surface area is 128 Å². The van der Waals surface area contributed by atoms with Gasteiger partial charge in [-0.2, -0.15) is 0 Å². The number of thiophene rings is 1. The molecule has 0 saturated carbocycles. The van der Waals surface area contributed by atoms with Gasteiger partial charge in [0.05, 0.1) is 19.3 Å². The number of carbonyl (C=O) groups excluding carboxylic acids is 1. The number of hydrogen-bond donors (Lipinski definition) is 0. The lowest BCUT2D eigenvalue weighted by molar-refractivity contribution is 0.0379. The number of carbonyl (C=O) groups is 1. The van der Waals surface area contributed by atoms with Crippen LogP contribution in [0.1, 0.15) is 37.4 Å². The van der Waals surface area contributed by atoms with E-state index in [0.717, 1.165) is 15.8 Å². The van der Waals surface area contributed by atoms with Crippen LogP contribution in [-0.4, -0.2) is 25.3 Å². The van der Waals surface area contributed by atoms with Crippen LogP contribution < -0.4 is 9.47 Å². The van der Waals surface area contributed by atoms with Gasteiger partial charge in [0.25, 0.3) is 0 Å². The zero-order valence-corrected chi connectivity index (χ0v) is 13.7. The van der Waals surface area contributed by atoms with Gasteiger partial charge >= 0.3 is 5.97 Å². The van der Waals surface area contributed by atoms with Crippen molar-refractivity contribution >= 4 is 27.4 Å². The number of fused-ring (bicyclic) bond motifs is 1. The molecular weight excluding hydrogens is 288 g/mol. The highest BCUT2D eigenvalue weighted by Crippen LogP contribution is 2.40. The smallest absolute Gasteiger partial charge is 0.352 e. The number of rotatable bonds is 5. The second-order valence-corrected chi connectivity index (χ2v) is 6.30. The average molecular weight is 308 g/mol. The monoisotopic (exact) mass is 308 g/mol. The third-order valence-electron chi connectivity index (χ3n) is 2.73. The maximum Gasteiger partial charge on any atom is 0.352 e. The number of benzene rings is 1. The van der Waals surface area contributed by atoms with Crippen molar-refractivity contribution in [3.63, 3.8) is 0 Å². The Bertz CT molecular complexity index is 643. The van der Waals surface area contributed by atoms with Crippen molar-refractivity contribution in [3.8, 4) is 11.5 Å². The molecule has 0 aliphatic heterocycles. The molecule has 21 heavy (non-hydrogen) atoms. The van der Waals surface area contributed by atoms with Crippen LogP contribution in [0.15, 0.2) is 18.2 Å².